The predicted octanol–water partition coefficient (Wildman–Crippen LogP) is 4.34. The number of rotatable bonds is 4. The third-order valence-electron chi connectivity index (χ3n) is 6.82. The number of amides is 1. The van der Waals surface area contributed by atoms with Gasteiger partial charge in [-0.05, 0) is 50.0 Å². The lowest BCUT2D eigenvalue weighted by Crippen LogP contribution is -2.53. The molecular formula is C26H29N3O3S. The van der Waals surface area contributed by atoms with E-state index in [1.54, 1.807) is 24.3 Å². The SMILES string of the molecule is Cc1ccc(S(=O)(=O)N2CCCC[C@@H]2C(=O)N2CC=C(c3c[nH]c4ccccc34)CC2)cc1. The van der Waals surface area contributed by atoms with Crippen molar-refractivity contribution in [2.75, 3.05) is 19.6 Å². The zero-order valence-corrected chi connectivity index (χ0v) is 19.6. The van der Waals surface area contributed by atoms with Crippen molar-refractivity contribution in [3.05, 3.63) is 71.9 Å². The number of sulfonamides is 1. The fourth-order valence-electron chi connectivity index (χ4n) is 4.95. The van der Waals surface area contributed by atoms with Gasteiger partial charge in [0.25, 0.3) is 0 Å². The number of hydrogen-bond donors (Lipinski definition) is 1. The lowest BCUT2D eigenvalue weighted by molar-refractivity contribution is -0.135. The molecule has 0 saturated carbocycles. The van der Waals surface area contributed by atoms with Crippen LogP contribution in [0.25, 0.3) is 16.5 Å². The molecule has 2 aliphatic heterocycles. The number of para-hydroxylation sites is 1. The van der Waals surface area contributed by atoms with Gasteiger partial charge >= 0.3 is 0 Å². The van der Waals surface area contributed by atoms with Gasteiger partial charge in [-0.1, -0.05) is 48.4 Å². The molecule has 1 aromatic heterocycles. The predicted molar refractivity (Wildman–Crippen MR) is 130 cm³/mol. The van der Waals surface area contributed by atoms with E-state index in [2.05, 4.69) is 23.2 Å². The first kappa shape index (κ1) is 21.9. The van der Waals surface area contributed by atoms with E-state index in [-0.39, 0.29) is 10.8 Å². The number of aromatic amines is 1. The maximum atomic E-state index is 13.5. The quantitative estimate of drug-likeness (QED) is 0.626. The van der Waals surface area contributed by atoms with Crippen LogP contribution in [0.5, 0.6) is 0 Å². The van der Waals surface area contributed by atoms with Gasteiger partial charge in [0.05, 0.1) is 4.90 Å². The van der Waals surface area contributed by atoms with Gasteiger partial charge in [0.2, 0.25) is 15.9 Å². The molecule has 0 bridgehead atoms. The van der Waals surface area contributed by atoms with Crippen molar-refractivity contribution in [2.24, 2.45) is 0 Å². The summed E-state index contributed by atoms with van der Waals surface area (Å²) < 4.78 is 28.2. The Labute approximate surface area is 194 Å². The van der Waals surface area contributed by atoms with Crippen LogP contribution >= 0.6 is 0 Å². The van der Waals surface area contributed by atoms with Gasteiger partial charge < -0.3 is 9.88 Å². The fraction of sp³-hybridized carbons (Fsp3) is 0.346. The summed E-state index contributed by atoms with van der Waals surface area (Å²) in [5.74, 6) is -0.0837. The van der Waals surface area contributed by atoms with Crippen molar-refractivity contribution < 1.29 is 13.2 Å². The molecule has 1 saturated heterocycles. The van der Waals surface area contributed by atoms with E-state index in [9.17, 15) is 13.2 Å². The molecule has 0 radical (unpaired) electrons. The molecule has 6 nitrogen and oxygen atoms in total. The monoisotopic (exact) mass is 463 g/mol. The summed E-state index contributed by atoms with van der Waals surface area (Å²) in [4.78, 5) is 18.9. The summed E-state index contributed by atoms with van der Waals surface area (Å²) in [6.45, 7) is 3.41. The van der Waals surface area contributed by atoms with Crippen LogP contribution < -0.4 is 0 Å². The Hall–Kier alpha value is -2.90. The minimum atomic E-state index is -3.72. The van der Waals surface area contributed by atoms with Gasteiger partial charge in [-0.25, -0.2) is 8.42 Å². The number of carbonyl (C=O) groups excluding carboxylic acids is 1. The summed E-state index contributed by atoms with van der Waals surface area (Å²) in [7, 11) is -3.72. The Morgan fingerprint density at radius 3 is 2.58 bits per heavy atom. The first-order chi connectivity index (χ1) is 15.9. The van der Waals surface area contributed by atoms with Crippen LogP contribution in [-0.4, -0.2) is 54.2 Å². The van der Waals surface area contributed by atoms with Gasteiger partial charge in [-0.3, -0.25) is 4.79 Å². The van der Waals surface area contributed by atoms with Crippen molar-refractivity contribution in [1.82, 2.24) is 14.2 Å². The molecule has 0 aliphatic carbocycles. The average Bonchev–Trinajstić information content (AvgIpc) is 3.28. The van der Waals surface area contributed by atoms with Crippen LogP contribution in [0.3, 0.4) is 0 Å². The van der Waals surface area contributed by atoms with Gasteiger partial charge in [0.15, 0.2) is 0 Å². The molecule has 3 aromatic rings. The Morgan fingerprint density at radius 1 is 1.03 bits per heavy atom. The van der Waals surface area contributed by atoms with Gasteiger partial charge in [0.1, 0.15) is 6.04 Å². The van der Waals surface area contributed by atoms with Gasteiger partial charge in [0, 0.05) is 42.3 Å². The number of nitrogens with one attached hydrogen (secondary N) is 1. The lowest BCUT2D eigenvalue weighted by atomic mass is 9.97. The lowest BCUT2D eigenvalue weighted by Gasteiger charge is -2.37. The maximum Gasteiger partial charge on any atom is 0.243 e. The average molecular weight is 464 g/mol. The second-order valence-corrected chi connectivity index (χ2v) is 10.8. The number of fused-ring (bicyclic) bond motifs is 1. The Kier molecular flexibility index (Phi) is 5.85. The minimum absolute atomic E-state index is 0.0837. The summed E-state index contributed by atoms with van der Waals surface area (Å²) in [6, 6.07) is 14.5. The summed E-state index contributed by atoms with van der Waals surface area (Å²) in [5, 5.41) is 1.19. The van der Waals surface area contributed by atoms with E-state index < -0.39 is 16.1 Å². The molecule has 1 fully saturated rings. The standard InChI is InChI=1S/C26H29N3O3S/c1-19-9-11-21(12-10-19)33(31,32)29-15-5-4-8-25(29)26(30)28-16-13-20(14-17-28)23-18-27-24-7-3-2-6-22(23)24/h2-3,6-7,9-13,18,25,27H,4-5,8,14-17H2,1H3/t25-/m1/s1. The summed E-state index contributed by atoms with van der Waals surface area (Å²) in [5.41, 5.74) is 4.51. The molecule has 2 aliphatic rings. The van der Waals surface area contributed by atoms with Crippen molar-refractivity contribution in [1.29, 1.82) is 0 Å². The fourth-order valence-corrected chi connectivity index (χ4v) is 6.60. The zero-order valence-electron chi connectivity index (χ0n) is 18.8. The molecule has 5 rings (SSSR count). The molecule has 2 aromatic carbocycles. The van der Waals surface area contributed by atoms with Crippen molar-refractivity contribution in [3.8, 4) is 0 Å². The summed E-state index contributed by atoms with van der Waals surface area (Å²) >= 11 is 0. The van der Waals surface area contributed by atoms with Crippen molar-refractivity contribution in [3.63, 3.8) is 0 Å². The first-order valence-electron chi connectivity index (χ1n) is 11.6. The molecule has 33 heavy (non-hydrogen) atoms. The number of piperidine rings is 1. The molecule has 7 heteroatoms. The minimum Gasteiger partial charge on any atom is -0.361 e. The number of H-pyrrole nitrogens is 1. The maximum absolute atomic E-state index is 13.5. The third-order valence-corrected chi connectivity index (χ3v) is 8.74. The molecule has 1 atom stereocenters. The Bertz CT molecular complexity index is 1310. The second kappa shape index (κ2) is 8.80. The second-order valence-electron chi connectivity index (χ2n) is 8.95. The van der Waals surface area contributed by atoms with E-state index in [1.165, 1.54) is 20.8 Å². The zero-order chi connectivity index (χ0) is 23.0. The largest absolute Gasteiger partial charge is 0.361 e. The number of nitrogens with zero attached hydrogens (tertiary/aromatic N) is 2. The van der Waals surface area contributed by atoms with Crippen LogP contribution in [0, 0.1) is 6.92 Å². The normalized spacial score (nSPS) is 20.1. The number of hydrogen-bond acceptors (Lipinski definition) is 3. The summed E-state index contributed by atoms with van der Waals surface area (Å²) in [6.07, 6.45) is 7.11. The van der Waals surface area contributed by atoms with Gasteiger partial charge in [-0.2, -0.15) is 4.31 Å². The van der Waals surface area contributed by atoms with Crippen LogP contribution in [0.4, 0.5) is 0 Å². The highest BCUT2D eigenvalue weighted by molar-refractivity contribution is 7.89. The van der Waals surface area contributed by atoms with E-state index in [0.29, 0.717) is 26.1 Å². The van der Waals surface area contributed by atoms with E-state index >= 15 is 0 Å². The smallest absolute Gasteiger partial charge is 0.243 e. The molecule has 1 amide bonds. The number of carbonyl (C=O) groups is 1. The van der Waals surface area contributed by atoms with E-state index in [4.69, 9.17) is 0 Å². The molecule has 172 valence electrons. The highest BCUT2D eigenvalue weighted by Gasteiger charge is 2.39. The molecule has 3 heterocycles. The van der Waals surface area contributed by atoms with E-state index in [1.807, 2.05) is 30.2 Å². The highest BCUT2D eigenvalue weighted by Crippen LogP contribution is 2.31. The van der Waals surface area contributed by atoms with Crippen LogP contribution in [0.2, 0.25) is 0 Å². The number of aryl methyl sites for hydroxylation is 1. The molecular weight excluding hydrogens is 434 g/mol. The van der Waals surface area contributed by atoms with Crippen LogP contribution in [0.15, 0.2) is 65.7 Å². The molecule has 0 spiro atoms. The van der Waals surface area contributed by atoms with Gasteiger partial charge in [-0.15, -0.1) is 0 Å². The highest BCUT2D eigenvalue weighted by atomic mass is 32.2. The van der Waals surface area contributed by atoms with Crippen LogP contribution in [-0.2, 0) is 14.8 Å². The number of benzene rings is 2. The third kappa shape index (κ3) is 4.11. The Balaban J connectivity index is 1.35. The Morgan fingerprint density at radius 2 is 1.82 bits per heavy atom. The van der Waals surface area contributed by atoms with Crippen molar-refractivity contribution in [2.45, 2.75) is 43.5 Å². The van der Waals surface area contributed by atoms with Crippen molar-refractivity contribution >= 4 is 32.4 Å². The first-order valence-corrected chi connectivity index (χ1v) is 13.0. The van der Waals surface area contributed by atoms with Crippen LogP contribution in [0.1, 0.15) is 36.8 Å². The molecule has 1 N–H and O–H groups in total. The molecule has 0 unspecified atom stereocenters. The van der Waals surface area contributed by atoms with E-state index in [0.717, 1.165) is 30.3 Å². The topological polar surface area (TPSA) is 73.5 Å². The number of aromatic nitrogens is 1.